The summed E-state index contributed by atoms with van der Waals surface area (Å²) >= 11 is 0. The van der Waals surface area contributed by atoms with E-state index >= 15 is 0 Å². The molecular weight excluding hydrogens is 156 g/mol. The zero-order valence-corrected chi connectivity index (χ0v) is 6.11. The monoisotopic (exact) mass is 161 g/mol. The Morgan fingerprint density at radius 2 is 1.42 bits per heavy atom. The molecule has 0 spiro atoms. The third-order valence-corrected chi connectivity index (χ3v) is 1.32. The molecule has 0 saturated heterocycles. The summed E-state index contributed by atoms with van der Waals surface area (Å²) in [5.74, 6) is 0. The molecule has 1 radical (unpaired) electrons. The lowest BCUT2D eigenvalue weighted by Gasteiger charge is -1.94. The van der Waals surface area contributed by atoms with E-state index in [9.17, 15) is 14.4 Å². The van der Waals surface area contributed by atoms with E-state index in [0.717, 1.165) is 0 Å². The number of carbonyl (C=O) groups excluding carboxylic acids is 3. The topological polar surface area (TPSA) is 51.2 Å². The van der Waals surface area contributed by atoms with Crippen LogP contribution >= 0.6 is 0 Å². The molecule has 3 nitrogen and oxygen atoms in total. The predicted octanol–water partition coefficient (Wildman–Crippen LogP) is 0.924. The molecule has 0 atom stereocenters. The Bertz CT molecular complexity index is 264. The van der Waals surface area contributed by atoms with Crippen molar-refractivity contribution in [1.29, 1.82) is 0 Å². The van der Waals surface area contributed by atoms with Crippen LogP contribution in [-0.4, -0.2) is 18.9 Å². The molecule has 12 heavy (non-hydrogen) atoms. The fourth-order valence-electron chi connectivity index (χ4n) is 0.835. The molecule has 0 aromatic heterocycles. The SMILES string of the molecule is O=Cc1[c]c(C=O)cc(C=O)c1. The van der Waals surface area contributed by atoms with E-state index in [4.69, 9.17) is 0 Å². The van der Waals surface area contributed by atoms with E-state index in [2.05, 4.69) is 6.07 Å². The number of aldehydes is 3. The zero-order chi connectivity index (χ0) is 8.97. The Morgan fingerprint density at radius 1 is 0.917 bits per heavy atom. The quantitative estimate of drug-likeness (QED) is 0.619. The third-order valence-electron chi connectivity index (χ3n) is 1.32. The Morgan fingerprint density at radius 3 is 1.75 bits per heavy atom. The standard InChI is InChI=1S/C9H5O3/c10-4-7-1-8(5-11)3-9(2-7)6-12/h1-2,4-6H. The average molecular weight is 161 g/mol. The van der Waals surface area contributed by atoms with Crippen LogP contribution in [-0.2, 0) is 0 Å². The average Bonchev–Trinajstić information content (AvgIpc) is 2.16. The summed E-state index contributed by atoms with van der Waals surface area (Å²) in [5, 5.41) is 0. The van der Waals surface area contributed by atoms with Gasteiger partial charge in [0.15, 0.2) is 12.6 Å². The Hall–Kier alpha value is -1.77. The van der Waals surface area contributed by atoms with Gasteiger partial charge in [0, 0.05) is 22.8 Å². The van der Waals surface area contributed by atoms with Crippen molar-refractivity contribution >= 4 is 18.9 Å². The minimum Gasteiger partial charge on any atom is -0.298 e. The molecule has 0 aliphatic carbocycles. The number of hydrogen-bond donors (Lipinski definition) is 0. The van der Waals surface area contributed by atoms with Crippen LogP contribution < -0.4 is 0 Å². The van der Waals surface area contributed by atoms with E-state index in [1.54, 1.807) is 0 Å². The van der Waals surface area contributed by atoms with E-state index in [0.29, 0.717) is 24.4 Å². The fourth-order valence-corrected chi connectivity index (χ4v) is 0.835. The first-order valence-electron chi connectivity index (χ1n) is 3.23. The first kappa shape index (κ1) is 8.33. The number of carbonyl (C=O) groups is 3. The van der Waals surface area contributed by atoms with Crippen molar-refractivity contribution < 1.29 is 14.4 Å². The predicted molar refractivity (Wildman–Crippen MR) is 41.4 cm³/mol. The van der Waals surface area contributed by atoms with E-state index in [-0.39, 0.29) is 11.1 Å². The van der Waals surface area contributed by atoms with Crippen LogP contribution in [0.2, 0.25) is 0 Å². The summed E-state index contributed by atoms with van der Waals surface area (Å²) < 4.78 is 0. The second kappa shape index (κ2) is 3.57. The van der Waals surface area contributed by atoms with Crippen molar-refractivity contribution in [3.8, 4) is 0 Å². The van der Waals surface area contributed by atoms with E-state index < -0.39 is 0 Å². The number of rotatable bonds is 3. The van der Waals surface area contributed by atoms with Gasteiger partial charge in [-0.15, -0.1) is 0 Å². The first-order chi connectivity index (χ1) is 5.80. The molecule has 1 aromatic rings. The minimum absolute atomic E-state index is 0.210. The molecule has 1 rings (SSSR count). The van der Waals surface area contributed by atoms with Gasteiger partial charge in [0.2, 0.25) is 0 Å². The second-order valence-corrected chi connectivity index (χ2v) is 2.18. The number of benzene rings is 1. The lowest BCUT2D eigenvalue weighted by molar-refractivity contribution is 0.112. The van der Waals surface area contributed by atoms with Crippen LogP contribution in [0.4, 0.5) is 0 Å². The van der Waals surface area contributed by atoms with Crippen molar-refractivity contribution in [3.63, 3.8) is 0 Å². The van der Waals surface area contributed by atoms with Crippen LogP contribution in [0.5, 0.6) is 0 Å². The first-order valence-corrected chi connectivity index (χ1v) is 3.23. The van der Waals surface area contributed by atoms with Gasteiger partial charge >= 0.3 is 0 Å². The normalized spacial score (nSPS) is 9.00. The highest BCUT2D eigenvalue weighted by Crippen LogP contribution is 2.04. The van der Waals surface area contributed by atoms with Crippen LogP contribution in [0.25, 0.3) is 0 Å². The van der Waals surface area contributed by atoms with Crippen LogP contribution in [0.3, 0.4) is 0 Å². The highest BCUT2D eigenvalue weighted by molar-refractivity contribution is 5.87. The Kier molecular flexibility index (Phi) is 2.48. The van der Waals surface area contributed by atoms with Gasteiger partial charge in [-0.25, -0.2) is 0 Å². The van der Waals surface area contributed by atoms with Crippen LogP contribution in [0, 0.1) is 6.07 Å². The maximum absolute atomic E-state index is 10.3. The highest BCUT2D eigenvalue weighted by atomic mass is 16.1. The highest BCUT2D eigenvalue weighted by Gasteiger charge is 1.98. The van der Waals surface area contributed by atoms with Gasteiger partial charge in [-0.3, -0.25) is 14.4 Å². The van der Waals surface area contributed by atoms with Gasteiger partial charge < -0.3 is 0 Å². The maximum Gasteiger partial charge on any atom is 0.150 e. The Balaban J connectivity index is 3.26. The summed E-state index contributed by atoms with van der Waals surface area (Å²) in [6.45, 7) is 0. The molecule has 0 saturated carbocycles. The van der Waals surface area contributed by atoms with Crippen molar-refractivity contribution in [2.75, 3.05) is 0 Å². The molecule has 0 heterocycles. The maximum atomic E-state index is 10.3. The summed E-state index contributed by atoms with van der Waals surface area (Å²) in [7, 11) is 0. The number of hydrogen-bond acceptors (Lipinski definition) is 3. The van der Waals surface area contributed by atoms with Crippen LogP contribution in [0.15, 0.2) is 12.1 Å². The molecule has 59 valence electrons. The van der Waals surface area contributed by atoms with Gasteiger partial charge in [-0.1, -0.05) is 0 Å². The molecule has 0 aliphatic rings. The second-order valence-electron chi connectivity index (χ2n) is 2.18. The van der Waals surface area contributed by atoms with Crippen molar-refractivity contribution in [2.24, 2.45) is 0 Å². The molecule has 1 aromatic carbocycles. The van der Waals surface area contributed by atoms with Crippen molar-refractivity contribution in [3.05, 3.63) is 34.9 Å². The van der Waals surface area contributed by atoms with Gasteiger partial charge in [0.05, 0.1) is 0 Å². The summed E-state index contributed by atoms with van der Waals surface area (Å²) in [6.07, 6.45) is 1.66. The third kappa shape index (κ3) is 1.63. The minimum atomic E-state index is 0.210. The van der Waals surface area contributed by atoms with Crippen molar-refractivity contribution in [2.45, 2.75) is 0 Å². The summed E-state index contributed by atoms with van der Waals surface area (Å²) in [6, 6.07) is 5.26. The van der Waals surface area contributed by atoms with Crippen molar-refractivity contribution in [1.82, 2.24) is 0 Å². The van der Waals surface area contributed by atoms with E-state index in [1.807, 2.05) is 0 Å². The molecule has 3 heteroatoms. The lowest BCUT2D eigenvalue weighted by Crippen LogP contribution is -1.90. The fraction of sp³-hybridized carbons (Fsp3) is 0. The molecule has 0 bridgehead atoms. The lowest BCUT2D eigenvalue weighted by atomic mass is 10.1. The molecular formula is C9H5O3. The van der Waals surface area contributed by atoms with Gasteiger partial charge in [0.25, 0.3) is 0 Å². The van der Waals surface area contributed by atoms with Gasteiger partial charge in [-0.05, 0) is 12.1 Å². The summed E-state index contributed by atoms with van der Waals surface area (Å²) in [5.41, 5.74) is 0.723. The van der Waals surface area contributed by atoms with Crippen LogP contribution in [0.1, 0.15) is 31.1 Å². The molecule has 0 aliphatic heterocycles. The summed E-state index contributed by atoms with van der Waals surface area (Å²) in [4.78, 5) is 30.9. The molecule has 0 fully saturated rings. The smallest absolute Gasteiger partial charge is 0.150 e. The largest absolute Gasteiger partial charge is 0.298 e. The van der Waals surface area contributed by atoms with Gasteiger partial charge in [-0.2, -0.15) is 0 Å². The van der Waals surface area contributed by atoms with Gasteiger partial charge in [0.1, 0.15) is 6.29 Å². The zero-order valence-electron chi connectivity index (χ0n) is 6.11. The molecule has 0 N–H and O–H groups in total. The Labute approximate surface area is 69.0 Å². The molecule has 0 unspecified atom stereocenters. The van der Waals surface area contributed by atoms with E-state index in [1.165, 1.54) is 12.1 Å². The molecule has 0 amide bonds.